The number of nitrogens with one attached hydrogen (secondary N) is 1. The largest absolute Gasteiger partial charge is 0.381 e. The van der Waals surface area contributed by atoms with Crippen molar-refractivity contribution in [1.29, 1.82) is 0 Å². The maximum Gasteiger partial charge on any atom is 0.326 e. The maximum atomic E-state index is 13.4. The van der Waals surface area contributed by atoms with Crippen LogP contribution in [-0.4, -0.2) is 40.1 Å². The Kier molecular flexibility index (Phi) is 3.91. The Morgan fingerprint density at radius 1 is 1.14 bits per heavy atom. The van der Waals surface area contributed by atoms with E-state index in [2.05, 4.69) is 17.1 Å². The topological polar surface area (TPSA) is 67.3 Å². The van der Waals surface area contributed by atoms with Crippen LogP contribution in [0.4, 0.5) is 0 Å². The Labute approximate surface area is 162 Å². The van der Waals surface area contributed by atoms with E-state index < -0.39 is 0 Å². The van der Waals surface area contributed by atoms with Gasteiger partial charge in [-0.05, 0) is 36.6 Å². The highest BCUT2D eigenvalue weighted by atomic mass is 16.5. The first-order valence-corrected chi connectivity index (χ1v) is 9.71. The first-order chi connectivity index (χ1) is 13.6. The molecule has 1 unspecified atom stereocenters. The highest BCUT2D eigenvalue weighted by Crippen LogP contribution is 2.55. The van der Waals surface area contributed by atoms with Crippen LogP contribution in [0.2, 0.25) is 0 Å². The molecule has 2 fully saturated rings. The molecule has 5 rings (SSSR count). The fourth-order valence-electron chi connectivity index (χ4n) is 4.82. The van der Waals surface area contributed by atoms with E-state index in [9.17, 15) is 9.59 Å². The lowest BCUT2D eigenvalue weighted by Crippen LogP contribution is -2.62. The zero-order chi connectivity index (χ0) is 19.3. The lowest BCUT2D eigenvalue weighted by molar-refractivity contribution is -0.115. The zero-order valence-corrected chi connectivity index (χ0v) is 15.9. The van der Waals surface area contributed by atoms with Gasteiger partial charge in [0, 0.05) is 37.8 Å². The minimum atomic E-state index is -0.174. The number of amides is 1. The van der Waals surface area contributed by atoms with Gasteiger partial charge in [-0.3, -0.25) is 9.36 Å². The number of likely N-dealkylation sites (tertiary alicyclic amines) is 1. The van der Waals surface area contributed by atoms with Gasteiger partial charge in [-0.2, -0.15) is 0 Å². The molecule has 0 radical (unpaired) electrons. The molecule has 6 heteroatoms. The van der Waals surface area contributed by atoms with E-state index in [1.807, 2.05) is 35.2 Å². The highest BCUT2D eigenvalue weighted by molar-refractivity contribution is 5.98. The molecule has 3 heterocycles. The summed E-state index contributed by atoms with van der Waals surface area (Å²) in [4.78, 5) is 30.0. The van der Waals surface area contributed by atoms with Gasteiger partial charge in [0.25, 0.3) is 5.91 Å². The summed E-state index contributed by atoms with van der Waals surface area (Å²) in [5, 5.41) is 0. The summed E-state index contributed by atoms with van der Waals surface area (Å²) in [7, 11) is 1.71. The average Bonchev–Trinajstić information content (AvgIpc) is 3.00. The number of H-pyrrole nitrogens is 1. The number of aromatic nitrogens is 2. The Morgan fingerprint density at radius 2 is 1.89 bits per heavy atom. The fraction of sp³-hybridized carbons (Fsp3) is 0.364. The Bertz CT molecular complexity index is 1090. The standard InChI is InChI=1S/C22H23N3O3/c1-24-18-13-16(7-8-17(18)23-21(24)27)20(26)25-14-22(9-11-28-12-10-22)19(25)15-5-3-2-4-6-15/h2-8,13,19H,9-12,14H2,1H3,(H,23,27). The summed E-state index contributed by atoms with van der Waals surface area (Å²) >= 11 is 0. The number of carbonyl (C=O) groups is 1. The third-order valence-electron chi connectivity index (χ3n) is 6.39. The molecule has 1 N–H and O–H groups in total. The molecule has 1 atom stereocenters. The number of ether oxygens (including phenoxy) is 1. The van der Waals surface area contributed by atoms with Gasteiger partial charge in [0.05, 0.1) is 17.1 Å². The van der Waals surface area contributed by atoms with Gasteiger partial charge < -0.3 is 14.6 Å². The Morgan fingerprint density at radius 3 is 2.64 bits per heavy atom. The molecule has 3 aromatic rings. The number of carbonyl (C=O) groups excluding carboxylic acids is 1. The minimum Gasteiger partial charge on any atom is -0.381 e. The van der Waals surface area contributed by atoms with Gasteiger partial charge in [-0.25, -0.2) is 4.79 Å². The van der Waals surface area contributed by atoms with E-state index >= 15 is 0 Å². The Balaban J connectivity index is 1.52. The maximum absolute atomic E-state index is 13.4. The molecule has 2 saturated heterocycles. The highest BCUT2D eigenvalue weighted by Gasteiger charge is 2.55. The van der Waals surface area contributed by atoms with Crippen LogP contribution in [0.25, 0.3) is 11.0 Å². The third-order valence-corrected chi connectivity index (χ3v) is 6.39. The molecule has 1 spiro atoms. The third kappa shape index (κ3) is 2.52. The number of nitrogens with zero attached hydrogens (tertiary/aromatic N) is 2. The van der Waals surface area contributed by atoms with Gasteiger partial charge in [-0.15, -0.1) is 0 Å². The summed E-state index contributed by atoms with van der Waals surface area (Å²) in [5.74, 6) is 0.0153. The number of rotatable bonds is 2. The first kappa shape index (κ1) is 17.3. The van der Waals surface area contributed by atoms with Crippen molar-refractivity contribution >= 4 is 16.9 Å². The lowest BCUT2D eigenvalue weighted by Gasteiger charge is -2.59. The van der Waals surface area contributed by atoms with Crippen LogP contribution in [0, 0.1) is 5.41 Å². The fourth-order valence-corrected chi connectivity index (χ4v) is 4.82. The van der Waals surface area contributed by atoms with E-state index in [1.165, 1.54) is 10.1 Å². The molecule has 0 bridgehead atoms. The van der Waals surface area contributed by atoms with Crippen molar-refractivity contribution in [3.8, 4) is 0 Å². The van der Waals surface area contributed by atoms with Gasteiger partial charge in [0.2, 0.25) is 0 Å². The summed E-state index contributed by atoms with van der Waals surface area (Å²) in [6.45, 7) is 2.25. The molecule has 2 aliphatic heterocycles. The van der Waals surface area contributed by atoms with Crippen LogP contribution in [0.5, 0.6) is 0 Å². The van der Waals surface area contributed by atoms with Crippen LogP contribution in [0.15, 0.2) is 53.3 Å². The van der Waals surface area contributed by atoms with Crippen molar-refractivity contribution in [2.45, 2.75) is 18.9 Å². The van der Waals surface area contributed by atoms with Gasteiger partial charge in [-0.1, -0.05) is 30.3 Å². The van der Waals surface area contributed by atoms with E-state index in [4.69, 9.17) is 4.74 Å². The van der Waals surface area contributed by atoms with Crippen LogP contribution < -0.4 is 5.69 Å². The molecular weight excluding hydrogens is 354 g/mol. The lowest BCUT2D eigenvalue weighted by atomic mass is 9.64. The van der Waals surface area contributed by atoms with E-state index in [0.717, 1.165) is 43.6 Å². The van der Waals surface area contributed by atoms with Crippen LogP contribution in [0.3, 0.4) is 0 Å². The number of aromatic amines is 1. The molecule has 0 aliphatic carbocycles. The molecule has 144 valence electrons. The predicted molar refractivity (Wildman–Crippen MR) is 106 cm³/mol. The zero-order valence-electron chi connectivity index (χ0n) is 15.9. The van der Waals surface area contributed by atoms with Crippen molar-refractivity contribution in [1.82, 2.24) is 14.5 Å². The number of hydrogen-bond donors (Lipinski definition) is 1. The molecule has 6 nitrogen and oxygen atoms in total. The second-order valence-electron chi connectivity index (χ2n) is 7.94. The SMILES string of the molecule is Cn1c(=O)[nH]c2ccc(C(=O)N3CC4(CCOCC4)C3c3ccccc3)cc21. The number of imidazole rings is 1. The summed E-state index contributed by atoms with van der Waals surface area (Å²) < 4.78 is 7.13. The molecule has 1 amide bonds. The van der Waals surface area contributed by atoms with Gasteiger partial charge in [0.15, 0.2) is 0 Å². The van der Waals surface area contributed by atoms with Crippen LogP contribution in [-0.2, 0) is 11.8 Å². The molecule has 2 aliphatic rings. The smallest absolute Gasteiger partial charge is 0.326 e. The van der Waals surface area contributed by atoms with Gasteiger partial charge >= 0.3 is 5.69 Å². The number of hydrogen-bond acceptors (Lipinski definition) is 3. The molecular formula is C22H23N3O3. The van der Waals surface area contributed by atoms with Crippen molar-refractivity contribution < 1.29 is 9.53 Å². The van der Waals surface area contributed by atoms with Gasteiger partial charge in [0.1, 0.15) is 0 Å². The number of fused-ring (bicyclic) bond motifs is 1. The second-order valence-corrected chi connectivity index (χ2v) is 7.94. The van der Waals surface area contributed by atoms with Crippen molar-refractivity contribution in [2.75, 3.05) is 19.8 Å². The molecule has 1 aromatic heterocycles. The number of benzene rings is 2. The summed E-state index contributed by atoms with van der Waals surface area (Å²) in [6, 6.07) is 15.8. The first-order valence-electron chi connectivity index (χ1n) is 9.71. The minimum absolute atomic E-state index is 0.0153. The van der Waals surface area contributed by atoms with Crippen molar-refractivity contribution in [2.24, 2.45) is 12.5 Å². The Hall–Kier alpha value is -2.86. The quantitative estimate of drug-likeness (QED) is 0.747. The van der Waals surface area contributed by atoms with Crippen LogP contribution >= 0.6 is 0 Å². The van der Waals surface area contributed by atoms with E-state index in [0.29, 0.717) is 5.56 Å². The van der Waals surface area contributed by atoms with E-state index in [-0.39, 0.29) is 23.1 Å². The molecule has 2 aromatic carbocycles. The average molecular weight is 377 g/mol. The van der Waals surface area contributed by atoms with Crippen molar-refractivity contribution in [3.63, 3.8) is 0 Å². The predicted octanol–water partition coefficient (Wildman–Crippen LogP) is 2.86. The molecule has 28 heavy (non-hydrogen) atoms. The monoisotopic (exact) mass is 377 g/mol. The molecule has 0 saturated carbocycles. The second kappa shape index (κ2) is 6.34. The number of aryl methyl sites for hydroxylation is 1. The van der Waals surface area contributed by atoms with Crippen molar-refractivity contribution in [3.05, 3.63) is 70.1 Å². The van der Waals surface area contributed by atoms with Crippen LogP contribution in [0.1, 0.15) is 34.8 Å². The summed E-state index contributed by atoms with van der Waals surface area (Å²) in [5.41, 5.74) is 3.21. The summed E-state index contributed by atoms with van der Waals surface area (Å²) in [6.07, 6.45) is 1.95. The normalized spacial score (nSPS) is 21.0. The van der Waals surface area contributed by atoms with E-state index in [1.54, 1.807) is 13.1 Å².